The van der Waals surface area contributed by atoms with Crippen molar-refractivity contribution >= 4 is 91.3 Å². The molecule has 1 heterocycles. The summed E-state index contributed by atoms with van der Waals surface area (Å²) in [6, 6.07) is 11.5. The number of hydrogen-bond acceptors (Lipinski definition) is 18. The Hall–Kier alpha value is -3.62. The fourth-order valence-corrected chi connectivity index (χ4v) is 5.17. The number of benzene rings is 3. The molecule has 0 saturated carbocycles. The van der Waals surface area contributed by atoms with Gasteiger partial charge in [0.25, 0.3) is 0 Å². The summed E-state index contributed by atoms with van der Waals surface area (Å²) in [6.07, 6.45) is 3.75. The minimum atomic E-state index is -4.79. The van der Waals surface area contributed by atoms with Crippen molar-refractivity contribution in [2.45, 2.75) is 14.9 Å². The maximum atomic E-state index is 11.2. The van der Waals surface area contributed by atoms with Gasteiger partial charge in [-0.2, -0.15) is 23.4 Å². The van der Waals surface area contributed by atoms with Crippen LogP contribution in [0.25, 0.3) is 10.8 Å². The van der Waals surface area contributed by atoms with E-state index >= 15 is 0 Å². The number of rotatable bonds is 12. The number of halogens is 1. The molecule has 3 N–H and O–H groups in total. The van der Waals surface area contributed by atoms with Gasteiger partial charge in [-0.3, -0.25) is 9.44 Å². The van der Waals surface area contributed by atoms with Crippen LogP contribution >= 0.6 is 47.2 Å². The number of aromatic hydroxyl groups is 1. The molecule has 16 nitrogen and oxygen atoms in total. The third kappa shape index (κ3) is 9.21. The number of azo groups is 1. The van der Waals surface area contributed by atoms with E-state index in [2.05, 4.69) is 49.0 Å². The van der Waals surface area contributed by atoms with Crippen LogP contribution in [-0.4, -0.2) is 58.7 Å². The van der Waals surface area contributed by atoms with Gasteiger partial charge in [0.15, 0.2) is 17.0 Å². The molecule has 0 radical (unpaired) electrons. The lowest BCUT2D eigenvalue weighted by molar-refractivity contribution is -0.432. The topological polar surface area (TPSA) is 208 Å². The van der Waals surface area contributed by atoms with Gasteiger partial charge < -0.3 is 14.7 Å². The molecule has 0 saturated heterocycles. The molecule has 236 valence electrons. The van der Waals surface area contributed by atoms with E-state index in [9.17, 15) is 13.5 Å². The van der Waals surface area contributed by atoms with Gasteiger partial charge in [0.05, 0.1) is 24.0 Å². The highest BCUT2D eigenvalue weighted by molar-refractivity contribution is 8.04. The summed E-state index contributed by atoms with van der Waals surface area (Å²) >= 11 is 8.88. The number of phenolic OH excluding ortho intramolecular Hbond substituents is 1. The summed E-state index contributed by atoms with van der Waals surface area (Å²) in [7, 11) is -1.65. The number of hydrogen-bond donors (Lipinski definition) is 3. The van der Waals surface area contributed by atoms with Crippen LogP contribution in [0.1, 0.15) is 0 Å². The summed E-state index contributed by atoms with van der Waals surface area (Å²) in [5, 5.41) is 36.0. The average molecular weight is 715 g/mol. The van der Waals surface area contributed by atoms with Crippen LogP contribution in [0.3, 0.4) is 0 Å². The zero-order valence-electron chi connectivity index (χ0n) is 22.9. The summed E-state index contributed by atoms with van der Waals surface area (Å²) in [5.74, 6) is 0.349. The largest absolute Gasteiger partial charge is 0.505 e. The molecular formula is C24H19ClN6O10S4. The number of phenols is 1. The zero-order valence-corrected chi connectivity index (χ0v) is 27.0. The van der Waals surface area contributed by atoms with Gasteiger partial charge in [0, 0.05) is 28.3 Å². The highest BCUT2D eigenvalue weighted by Crippen LogP contribution is 2.45. The molecule has 0 aliphatic heterocycles. The fourth-order valence-electron chi connectivity index (χ4n) is 3.50. The third-order valence-electron chi connectivity index (χ3n) is 5.42. The molecule has 0 atom stereocenters. The van der Waals surface area contributed by atoms with Gasteiger partial charge in [-0.1, -0.05) is 16.8 Å². The van der Waals surface area contributed by atoms with Crippen LogP contribution in [0.5, 0.6) is 11.5 Å². The quantitative estimate of drug-likeness (QED) is 0.0272. The van der Waals surface area contributed by atoms with Crippen LogP contribution in [0.4, 0.5) is 23.0 Å². The Kier molecular flexibility index (Phi) is 11.9. The van der Waals surface area contributed by atoms with Crippen molar-refractivity contribution < 1.29 is 46.7 Å². The minimum Gasteiger partial charge on any atom is -0.505 e. The molecule has 0 unspecified atom stereocenters. The van der Waals surface area contributed by atoms with Gasteiger partial charge in [-0.25, -0.2) is 5.26 Å². The zero-order chi connectivity index (χ0) is 32.6. The Morgan fingerprint density at radius 1 is 1.09 bits per heavy atom. The molecule has 0 bridgehead atoms. The minimum absolute atomic E-state index is 0.00173. The van der Waals surface area contributed by atoms with E-state index in [1.54, 1.807) is 54.4 Å². The van der Waals surface area contributed by atoms with E-state index in [0.717, 1.165) is 11.8 Å². The van der Waals surface area contributed by atoms with Crippen LogP contribution in [-0.2, 0) is 29.0 Å². The molecule has 21 heteroatoms. The molecule has 3 aromatic carbocycles. The first-order chi connectivity index (χ1) is 21.5. The second-order valence-electron chi connectivity index (χ2n) is 8.07. The number of ether oxygens (including phenoxy) is 1. The Labute approximate surface area is 273 Å². The summed E-state index contributed by atoms with van der Waals surface area (Å²) < 4.78 is 43.0. The molecule has 0 aliphatic carbocycles. The number of fused-ring (bicyclic) bond motifs is 1. The second-order valence-corrected chi connectivity index (χ2v) is 11.8. The molecule has 0 spiro atoms. The number of thioether (sulfide) groups is 2. The number of anilines is 2. The van der Waals surface area contributed by atoms with Crippen molar-refractivity contribution in [1.29, 1.82) is 0 Å². The molecule has 1 aromatic heterocycles. The van der Waals surface area contributed by atoms with E-state index < -0.39 is 10.4 Å². The van der Waals surface area contributed by atoms with E-state index in [1.807, 2.05) is 12.4 Å². The van der Waals surface area contributed by atoms with Crippen molar-refractivity contribution in [2.24, 2.45) is 10.2 Å². The van der Waals surface area contributed by atoms with Crippen LogP contribution in [0.2, 0.25) is 5.28 Å². The third-order valence-corrected chi connectivity index (χ3v) is 7.67. The average Bonchev–Trinajstić information content (AvgIpc) is 3.02. The van der Waals surface area contributed by atoms with Gasteiger partial charge in [-0.15, -0.1) is 14.6 Å². The fraction of sp³-hybridized carbons (Fsp3) is 0.125. The van der Waals surface area contributed by atoms with Crippen molar-refractivity contribution in [2.75, 3.05) is 25.3 Å². The van der Waals surface area contributed by atoms with E-state index in [0.29, 0.717) is 44.5 Å². The first-order valence-corrected chi connectivity index (χ1v) is 16.3. The maximum Gasteiger partial charge on any atom is 0.433 e. The lowest BCUT2D eigenvalue weighted by atomic mass is 10.1. The maximum absolute atomic E-state index is 11.2. The van der Waals surface area contributed by atoms with Crippen molar-refractivity contribution in [3.8, 4) is 22.9 Å². The number of methoxy groups -OCH3 is 1. The standard InChI is InChI=1S/C24H19ClN6O10S4/c1-31(23-26-22(25)27-24(28-23)42-3)14-4-6-16-13(10-14)11-19(44-40-39-33)20(21(16)32)30-29-17-7-5-15(12-18(17)37-2)43-9-8-38-41-45(34,35)36/h4-7,10-12,32-33H,1-3H3,(H,34,35,36). The Balaban J connectivity index is 1.64. The first kappa shape index (κ1) is 34.3. The SMILES string of the molecule is COc1cc(SC#COOS(=O)(=O)O)ccc1N=Nc1c(SOOO)cc2cc(N(C)c3nc(Cl)nc(SC)n3)ccc2c1O. The van der Waals surface area contributed by atoms with Crippen LogP contribution in [0.15, 0.2) is 67.6 Å². The highest BCUT2D eigenvalue weighted by atomic mass is 35.5. The Morgan fingerprint density at radius 2 is 1.89 bits per heavy atom. The van der Waals surface area contributed by atoms with Crippen molar-refractivity contribution in [1.82, 2.24) is 15.0 Å². The highest BCUT2D eigenvalue weighted by Gasteiger charge is 2.18. The normalized spacial score (nSPS) is 11.4. The molecule has 4 rings (SSSR count). The summed E-state index contributed by atoms with van der Waals surface area (Å²) in [5.41, 5.74) is 0.931. The lowest BCUT2D eigenvalue weighted by Gasteiger charge is -2.18. The van der Waals surface area contributed by atoms with Gasteiger partial charge >= 0.3 is 10.4 Å². The van der Waals surface area contributed by atoms with E-state index in [1.165, 1.54) is 18.9 Å². The van der Waals surface area contributed by atoms with Crippen molar-refractivity contribution in [3.05, 3.63) is 47.7 Å². The molecule has 0 fully saturated rings. The Morgan fingerprint density at radius 3 is 2.60 bits per heavy atom. The Bertz CT molecular complexity index is 1910. The smallest absolute Gasteiger partial charge is 0.433 e. The molecule has 0 aliphatic rings. The molecule has 45 heavy (non-hydrogen) atoms. The van der Waals surface area contributed by atoms with Crippen LogP contribution < -0.4 is 9.64 Å². The molecular weight excluding hydrogens is 696 g/mol. The summed E-state index contributed by atoms with van der Waals surface area (Å²) in [4.78, 5) is 19.2. The van der Waals surface area contributed by atoms with E-state index in [-0.39, 0.29) is 33.1 Å². The van der Waals surface area contributed by atoms with E-state index in [4.69, 9.17) is 26.1 Å². The van der Waals surface area contributed by atoms with Gasteiger partial charge in [0.1, 0.15) is 17.1 Å². The predicted molar refractivity (Wildman–Crippen MR) is 165 cm³/mol. The first-order valence-electron chi connectivity index (χ1n) is 11.8. The van der Waals surface area contributed by atoms with Crippen LogP contribution in [0, 0.1) is 11.4 Å². The van der Waals surface area contributed by atoms with Gasteiger partial charge in [-0.05, 0) is 81.8 Å². The van der Waals surface area contributed by atoms with Gasteiger partial charge in [0.2, 0.25) is 11.2 Å². The van der Waals surface area contributed by atoms with Crippen molar-refractivity contribution in [3.63, 3.8) is 0 Å². The predicted octanol–water partition coefficient (Wildman–Crippen LogP) is 6.49. The summed E-state index contributed by atoms with van der Waals surface area (Å²) in [6.45, 7) is 0. The molecule has 0 amide bonds. The monoisotopic (exact) mass is 714 g/mol. The molecule has 4 aromatic rings. The number of nitrogens with zero attached hydrogens (tertiary/aromatic N) is 6. The number of aromatic nitrogens is 3. The lowest BCUT2D eigenvalue weighted by Crippen LogP contribution is -2.14. The second kappa shape index (κ2) is 15.6.